The van der Waals surface area contributed by atoms with Crippen LogP contribution in [-0.2, 0) is 6.54 Å². The van der Waals surface area contributed by atoms with Crippen molar-refractivity contribution in [2.45, 2.75) is 44.2 Å². The van der Waals surface area contributed by atoms with Crippen LogP contribution in [0.1, 0.15) is 38.0 Å². The molecule has 4 rings (SSSR count). The molecule has 0 aromatic carbocycles. The molecule has 6 heteroatoms. The van der Waals surface area contributed by atoms with Crippen LogP contribution in [0.15, 0.2) is 21.3 Å². The Balaban J connectivity index is 1.51. The number of thiophene rings is 1. The minimum Gasteiger partial charge on any atom is -0.338 e. The molecule has 118 valence electrons. The van der Waals surface area contributed by atoms with Crippen molar-refractivity contribution < 1.29 is 4.52 Å². The molecule has 0 radical (unpaired) electrons. The van der Waals surface area contributed by atoms with E-state index in [0.29, 0.717) is 11.4 Å². The van der Waals surface area contributed by atoms with Crippen molar-refractivity contribution >= 4 is 11.3 Å². The molecule has 1 N–H and O–H groups in total. The minimum absolute atomic E-state index is 0.299. The van der Waals surface area contributed by atoms with Crippen molar-refractivity contribution in [1.29, 1.82) is 0 Å². The average molecular weight is 318 g/mol. The van der Waals surface area contributed by atoms with Crippen LogP contribution in [0.4, 0.5) is 0 Å². The van der Waals surface area contributed by atoms with Crippen LogP contribution in [-0.4, -0.2) is 40.2 Å². The van der Waals surface area contributed by atoms with Gasteiger partial charge >= 0.3 is 0 Å². The second kappa shape index (κ2) is 6.10. The molecule has 0 atom stereocenters. The van der Waals surface area contributed by atoms with Crippen molar-refractivity contribution in [1.82, 2.24) is 20.4 Å². The van der Waals surface area contributed by atoms with Gasteiger partial charge < -0.3 is 9.84 Å². The zero-order valence-corrected chi connectivity index (χ0v) is 13.6. The van der Waals surface area contributed by atoms with Gasteiger partial charge in [-0.05, 0) is 24.3 Å². The monoisotopic (exact) mass is 318 g/mol. The first kappa shape index (κ1) is 14.4. The molecule has 5 nitrogen and oxygen atoms in total. The maximum atomic E-state index is 5.51. The molecule has 1 aliphatic carbocycles. The van der Waals surface area contributed by atoms with Crippen LogP contribution >= 0.6 is 11.3 Å². The molecular formula is C16H22N4OS. The van der Waals surface area contributed by atoms with E-state index < -0.39 is 0 Å². The van der Waals surface area contributed by atoms with Gasteiger partial charge in [-0.3, -0.25) is 4.90 Å². The third-order valence-corrected chi connectivity index (χ3v) is 5.72. The summed E-state index contributed by atoms with van der Waals surface area (Å²) in [6.45, 7) is 3.99. The van der Waals surface area contributed by atoms with Crippen molar-refractivity contribution in [2.75, 3.05) is 19.6 Å². The molecule has 1 spiro atoms. The van der Waals surface area contributed by atoms with E-state index in [1.807, 2.05) is 11.4 Å². The Morgan fingerprint density at radius 1 is 1.32 bits per heavy atom. The van der Waals surface area contributed by atoms with Crippen LogP contribution in [0.5, 0.6) is 0 Å². The Morgan fingerprint density at radius 3 is 3.05 bits per heavy atom. The number of rotatable bonds is 3. The first-order valence-electron chi connectivity index (χ1n) is 8.17. The molecule has 2 aromatic rings. The van der Waals surface area contributed by atoms with Crippen LogP contribution in [0.25, 0.3) is 11.4 Å². The number of hydrogen-bond acceptors (Lipinski definition) is 6. The van der Waals surface area contributed by atoms with E-state index >= 15 is 0 Å². The standard InChI is InChI=1S/C16H22N4OS/c1-2-5-16(6-3-1)12-17-7-8-20(16)10-14-18-15(19-21-14)13-4-9-22-11-13/h4,9,11,17H,1-3,5-8,10,12H2. The smallest absolute Gasteiger partial charge is 0.241 e. The van der Waals surface area contributed by atoms with Gasteiger partial charge in [-0.25, -0.2) is 0 Å². The fourth-order valence-corrected chi connectivity index (χ4v) is 4.46. The molecule has 2 aliphatic rings. The summed E-state index contributed by atoms with van der Waals surface area (Å²) < 4.78 is 5.51. The third-order valence-electron chi connectivity index (χ3n) is 5.04. The second-order valence-electron chi connectivity index (χ2n) is 6.41. The second-order valence-corrected chi connectivity index (χ2v) is 7.19. The summed E-state index contributed by atoms with van der Waals surface area (Å²) in [5, 5.41) is 11.8. The maximum absolute atomic E-state index is 5.51. The summed E-state index contributed by atoms with van der Waals surface area (Å²) in [5.41, 5.74) is 1.35. The number of piperazine rings is 1. The average Bonchev–Trinajstić information content (AvgIpc) is 3.22. The van der Waals surface area contributed by atoms with Gasteiger partial charge in [0.05, 0.1) is 6.54 Å². The molecule has 1 saturated carbocycles. The van der Waals surface area contributed by atoms with Gasteiger partial charge in [0.2, 0.25) is 11.7 Å². The summed E-state index contributed by atoms with van der Waals surface area (Å²) in [5.74, 6) is 1.46. The SMILES string of the molecule is c1cc(-c2noc(CN3CCNCC34CCCCC4)n2)cs1. The van der Waals surface area contributed by atoms with Crippen molar-refractivity contribution in [3.05, 3.63) is 22.7 Å². The van der Waals surface area contributed by atoms with E-state index in [0.717, 1.165) is 37.6 Å². The van der Waals surface area contributed by atoms with E-state index in [1.165, 1.54) is 32.1 Å². The molecule has 1 saturated heterocycles. The predicted octanol–water partition coefficient (Wildman–Crippen LogP) is 2.91. The fourth-order valence-electron chi connectivity index (χ4n) is 3.83. The highest BCUT2D eigenvalue weighted by molar-refractivity contribution is 7.08. The number of nitrogens with one attached hydrogen (secondary N) is 1. The Labute approximate surface area is 134 Å². The van der Waals surface area contributed by atoms with Crippen LogP contribution in [0.2, 0.25) is 0 Å². The van der Waals surface area contributed by atoms with Gasteiger partial charge in [-0.2, -0.15) is 16.3 Å². The van der Waals surface area contributed by atoms with E-state index in [9.17, 15) is 0 Å². The number of nitrogens with zero attached hydrogens (tertiary/aromatic N) is 3. The minimum atomic E-state index is 0.299. The molecule has 0 unspecified atom stereocenters. The van der Waals surface area contributed by atoms with Gasteiger partial charge in [0, 0.05) is 36.1 Å². The van der Waals surface area contributed by atoms with Gasteiger partial charge in [0.15, 0.2) is 0 Å². The van der Waals surface area contributed by atoms with Crippen LogP contribution in [0, 0.1) is 0 Å². The molecule has 3 heterocycles. The number of aromatic nitrogens is 2. The van der Waals surface area contributed by atoms with Crippen LogP contribution in [0.3, 0.4) is 0 Å². The van der Waals surface area contributed by atoms with E-state index in [-0.39, 0.29) is 0 Å². The Bertz CT molecular complexity index is 595. The van der Waals surface area contributed by atoms with E-state index in [2.05, 4.69) is 25.7 Å². The largest absolute Gasteiger partial charge is 0.338 e. The first-order valence-corrected chi connectivity index (χ1v) is 9.11. The lowest BCUT2D eigenvalue weighted by Crippen LogP contribution is -2.61. The third kappa shape index (κ3) is 2.71. The summed E-state index contributed by atoms with van der Waals surface area (Å²) in [6, 6.07) is 2.03. The zero-order chi connectivity index (χ0) is 14.8. The van der Waals surface area contributed by atoms with E-state index in [1.54, 1.807) is 11.3 Å². The Kier molecular flexibility index (Phi) is 3.98. The number of hydrogen-bond donors (Lipinski definition) is 1. The zero-order valence-electron chi connectivity index (χ0n) is 12.8. The van der Waals surface area contributed by atoms with Crippen LogP contribution < -0.4 is 5.32 Å². The molecule has 0 amide bonds. The van der Waals surface area contributed by atoms with Gasteiger partial charge in [0.25, 0.3) is 0 Å². The molecule has 22 heavy (non-hydrogen) atoms. The normalized spacial score (nSPS) is 22.2. The summed E-state index contributed by atoms with van der Waals surface area (Å²) in [7, 11) is 0. The molecular weight excluding hydrogens is 296 g/mol. The predicted molar refractivity (Wildman–Crippen MR) is 86.7 cm³/mol. The quantitative estimate of drug-likeness (QED) is 0.943. The fraction of sp³-hybridized carbons (Fsp3) is 0.625. The Morgan fingerprint density at radius 2 is 2.23 bits per heavy atom. The van der Waals surface area contributed by atoms with Gasteiger partial charge in [-0.15, -0.1) is 0 Å². The molecule has 2 aromatic heterocycles. The first-order chi connectivity index (χ1) is 10.9. The van der Waals surface area contributed by atoms with E-state index in [4.69, 9.17) is 4.52 Å². The summed E-state index contributed by atoms with van der Waals surface area (Å²) in [4.78, 5) is 7.17. The maximum Gasteiger partial charge on any atom is 0.241 e. The highest BCUT2D eigenvalue weighted by Gasteiger charge is 2.40. The van der Waals surface area contributed by atoms with Crippen molar-refractivity contribution in [3.63, 3.8) is 0 Å². The lowest BCUT2D eigenvalue weighted by molar-refractivity contribution is 0.0135. The lowest BCUT2D eigenvalue weighted by Gasteiger charge is -2.49. The Hall–Kier alpha value is -1.24. The summed E-state index contributed by atoms with van der Waals surface area (Å²) >= 11 is 1.66. The van der Waals surface area contributed by atoms with Crippen molar-refractivity contribution in [3.8, 4) is 11.4 Å². The molecule has 1 aliphatic heterocycles. The highest BCUT2D eigenvalue weighted by Crippen LogP contribution is 2.35. The molecule has 0 bridgehead atoms. The molecule has 2 fully saturated rings. The van der Waals surface area contributed by atoms with Gasteiger partial charge in [0.1, 0.15) is 0 Å². The summed E-state index contributed by atoms with van der Waals surface area (Å²) in [6.07, 6.45) is 6.61. The lowest BCUT2D eigenvalue weighted by atomic mass is 9.79. The van der Waals surface area contributed by atoms with Crippen molar-refractivity contribution in [2.24, 2.45) is 0 Å². The highest BCUT2D eigenvalue weighted by atomic mass is 32.1. The van der Waals surface area contributed by atoms with Gasteiger partial charge in [-0.1, -0.05) is 24.4 Å². The topological polar surface area (TPSA) is 54.2 Å².